The number of nitrogens with zero attached hydrogens (tertiary/aromatic N) is 2. The highest BCUT2D eigenvalue weighted by molar-refractivity contribution is 6.28. The van der Waals surface area contributed by atoms with Crippen molar-refractivity contribution in [2.45, 2.75) is 13.3 Å². The quantitative estimate of drug-likeness (QED) is 0.465. The maximum absolute atomic E-state index is 13.0. The van der Waals surface area contributed by atoms with Crippen molar-refractivity contribution < 1.29 is 4.79 Å². The molecule has 0 N–H and O–H groups in total. The van der Waals surface area contributed by atoms with Gasteiger partial charge in [0.25, 0.3) is 5.91 Å². The molecule has 0 unspecified atom stereocenters. The van der Waals surface area contributed by atoms with E-state index in [1.54, 1.807) is 4.90 Å². The van der Waals surface area contributed by atoms with E-state index in [9.17, 15) is 4.79 Å². The summed E-state index contributed by atoms with van der Waals surface area (Å²) < 4.78 is 0. The molecule has 0 atom stereocenters. The first kappa shape index (κ1) is 15.8. The van der Waals surface area contributed by atoms with Gasteiger partial charge in [-0.05, 0) is 59.4 Å². The molecule has 130 valence electrons. The summed E-state index contributed by atoms with van der Waals surface area (Å²) in [6.07, 6.45) is 2.79. The molecule has 1 aliphatic heterocycles. The monoisotopic (exact) mass is 350 g/mol. The number of anilines is 1. The summed E-state index contributed by atoms with van der Waals surface area (Å²) in [5, 5.41) is 0. The van der Waals surface area contributed by atoms with Gasteiger partial charge in [-0.3, -0.25) is 9.69 Å². The molecule has 0 saturated carbocycles. The molecule has 0 fully saturated rings. The Kier molecular flexibility index (Phi) is 3.54. The third-order valence-electron chi connectivity index (χ3n) is 5.17. The molecule has 27 heavy (non-hydrogen) atoms. The van der Waals surface area contributed by atoms with E-state index < -0.39 is 0 Å². The van der Waals surface area contributed by atoms with Gasteiger partial charge in [0.15, 0.2) is 0 Å². The van der Waals surface area contributed by atoms with Gasteiger partial charge >= 0.3 is 0 Å². The van der Waals surface area contributed by atoms with E-state index in [1.165, 1.54) is 22.3 Å². The molecule has 3 nitrogen and oxygen atoms in total. The second kappa shape index (κ2) is 6.06. The predicted molar refractivity (Wildman–Crippen MR) is 110 cm³/mol. The highest BCUT2D eigenvalue weighted by Crippen LogP contribution is 2.39. The summed E-state index contributed by atoms with van der Waals surface area (Å²) in [4.78, 5) is 19.2. The minimum Gasteiger partial charge on any atom is -0.266 e. The Morgan fingerprint density at radius 3 is 2.48 bits per heavy atom. The van der Waals surface area contributed by atoms with Crippen molar-refractivity contribution >= 4 is 23.5 Å². The number of carbonyl (C=O) groups excluding carboxylic acids is 1. The maximum atomic E-state index is 13.0. The van der Waals surface area contributed by atoms with Crippen LogP contribution < -0.4 is 4.90 Å². The van der Waals surface area contributed by atoms with Crippen LogP contribution in [0.3, 0.4) is 0 Å². The third kappa shape index (κ3) is 2.59. The highest BCUT2D eigenvalue weighted by atomic mass is 16.2. The Morgan fingerprint density at radius 2 is 1.63 bits per heavy atom. The average Bonchev–Trinajstić information content (AvgIpc) is 3.19. The van der Waals surface area contributed by atoms with Gasteiger partial charge in [-0.15, -0.1) is 0 Å². The van der Waals surface area contributed by atoms with Gasteiger partial charge in [-0.1, -0.05) is 60.7 Å². The first-order chi connectivity index (χ1) is 13.2. The number of hydrogen-bond donors (Lipinski definition) is 0. The van der Waals surface area contributed by atoms with E-state index in [0.29, 0.717) is 11.5 Å². The highest BCUT2D eigenvalue weighted by Gasteiger charge is 2.30. The van der Waals surface area contributed by atoms with Crippen LogP contribution in [0, 0.1) is 0 Å². The van der Waals surface area contributed by atoms with Gasteiger partial charge < -0.3 is 0 Å². The van der Waals surface area contributed by atoms with Crippen LogP contribution in [-0.4, -0.2) is 11.7 Å². The summed E-state index contributed by atoms with van der Waals surface area (Å²) >= 11 is 0. The number of amidine groups is 1. The molecule has 0 aromatic heterocycles. The van der Waals surface area contributed by atoms with Crippen LogP contribution in [0.15, 0.2) is 83.5 Å². The Balaban J connectivity index is 1.53. The van der Waals surface area contributed by atoms with Crippen LogP contribution in [0.25, 0.3) is 17.2 Å². The number of hydrogen-bond acceptors (Lipinski definition) is 2. The summed E-state index contributed by atoms with van der Waals surface area (Å²) in [5.74, 6) is 0.621. The molecule has 0 bridgehead atoms. The van der Waals surface area contributed by atoms with Crippen LogP contribution in [-0.2, 0) is 11.2 Å². The van der Waals surface area contributed by atoms with Gasteiger partial charge in [0.05, 0.1) is 5.69 Å². The fourth-order valence-electron chi connectivity index (χ4n) is 3.89. The summed E-state index contributed by atoms with van der Waals surface area (Å²) in [5.41, 5.74) is 7.43. The molecule has 0 radical (unpaired) electrons. The Hall–Kier alpha value is -3.46. The van der Waals surface area contributed by atoms with Gasteiger partial charge in [0.2, 0.25) is 0 Å². The normalized spacial score (nSPS) is 16.5. The molecule has 1 heterocycles. The molecule has 5 rings (SSSR count). The Labute approximate surface area is 158 Å². The van der Waals surface area contributed by atoms with Crippen molar-refractivity contribution in [3.8, 4) is 11.1 Å². The summed E-state index contributed by atoms with van der Waals surface area (Å²) in [6.45, 7) is 1.88. The fraction of sp³-hybridized carbons (Fsp3) is 0.0833. The van der Waals surface area contributed by atoms with E-state index in [2.05, 4.69) is 41.4 Å². The first-order valence-corrected chi connectivity index (χ1v) is 9.08. The number of rotatable bonds is 2. The first-order valence-electron chi connectivity index (χ1n) is 9.08. The molecular formula is C24H18N2O. The smallest absolute Gasteiger partial charge is 0.266 e. The van der Waals surface area contributed by atoms with Gasteiger partial charge in [-0.25, -0.2) is 4.99 Å². The molecule has 3 aromatic rings. The van der Waals surface area contributed by atoms with Crippen molar-refractivity contribution in [2.75, 3.05) is 4.90 Å². The lowest BCUT2D eigenvalue weighted by atomic mass is 10.0. The molecular weight excluding hydrogens is 332 g/mol. The second-order valence-electron chi connectivity index (χ2n) is 6.92. The van der Waals surface area contributed by atoms with Crippen molar-refractivity contribution in [1.29, 1.82) is 0 Å². The minimum atomic E-state index is -0.0809. The minimum absolute atomic E-state index is 0.0809. The molecule has 3 heteroatoms. The van der Waals surface area contributed by atoms with Gasteiger partial charge in [-0.2, -0.15) is 0 Å². The number of benzene rings is 3. The average molecular weight is 350 g/mol. The van der Waals surface area contributed by atoms with Crippen LogP contribution in [0.2, 0.25) is 0 Å². The second-order valence-corrected chi connectivity index (χ2v) is 6.92. The van der Waals surface area contributed by atoms with Crippen LogP contribution in [0.4, 0.5) is 5.69 Å². The fourth-order valence-corrected chi connectivity index (χ4v) is 3.89. The SMILES string of the molecule is CC1=NC(=Cc2ccccc2)C(=O)N1c1ccc2c(c1)-c1ccccc1C2. The van der Waals surface area contributed by atoms with E-state index in [-0.39, 0.29) is 5.91 Å². The molecule has 3 aromatic carbocycles. The molecule has 0 spiro atoms. The zero-order valence-corrected chi connectivity index (χ0v) is 15.0. The van der Waals surface area contributed by atoms with E-state index in [4.69, 9.17) is 0 Å². The topological polar surface area (TPSA) is 32.7 Å². The molecule has 2 aliphatic rings. The molecule has 1 aliphatic carbocycles. The van der Waals surface area contributed by atoms with Crippen LogP contribution >= 0.6 is 0 Å². The van der Waals surface area contributed by atoms with Crippen molar-refractivity contribution in [1.82, 2.24) is 0 Å². The third-order valence-corrected chi connectivity index (χ3v) is 5.17. The standard InChI is InChI=1S/C24H18N2O/c1-16-25-23(13-17-7-3-2-4-8-17)24(27)26(16)20-12-11-19-14-18-9-5-6-10-21(18)22(19)15-20/h2-13,15H,14H2,1H3. The number of fused-ring (bicyclic) bond motifs is 3. The Bertz CT molecular complexity index is 1130. The van der Waals surface area contributed by atoms with E-state index in [1.807, 2.05) is 49.4 Å². The maximum Gasteiger partial charge on any atom is 0.282 e. The Morgan fingerprint density at radius 1 is 0.889 bits per heavy atom. The van der Waals surface area contributed by atoms with Crippen molar-refractivity contribution in [3.63, 3.8) is 0 Å². The molecule has 1 amide bonds. The largest absolute Gasteiger partial charge is 0.282 e. The lowest BCUT2D eigenvalue weighted by Crippen LogP contribution is -2.30. The zero-order chi connectivity index (χ0) is 18.4. The van der Waals surface area contributed by atoms with Gasteiger partial charge in [0, 0.05) is 0 Å². The van der Waals surface area contributed by atoms with Crippen LogP contribution in [0.5, 0.6) is 0 Å². The summed E-state index contributed by atoms with van der Waals surface area (Å²) in [6, 6.07) is 24.5. The van der Waals surface area contributed by atoms with E-state index >= 15 is 0 Å². The lowest BCUT2D eigenvalue weighted by Gasteiger charge is -2.17. The van der Waals surface area contributed by atoms with E-state index in [0.717, 1.165) is 17.7 Å². The summed E-state index contributed by atoms with van der Waals surface area (Å²) in [7, 11) is 0. The predicted octanol–water partition coefficient (Wildman–Crippen LogP) is 5.06. The zero-order valence-electron chi connectivity index (χ0n) is 15.0. The number of aliphatic imine (C=N–C) groups is 1. The number of amides is 1. The lowest BCUT2D eigenvalue weighted by molar-refractivity contribution is -0.113. The van der Waals surface area contributed by atoms with Crippen molar-refractivity contribution in [2.24, 2.45) is 4.99 Å². The van der Waals surface area contributed by atoms with Gasteiger partial charge in [0.1, 0.15) is 11.5 Å². The van der Waals surface area contributed by atoms with Crippen LogP contribution in [0.1, 0.15) is 23.6 Å². The molecule has 0 saturated heterocycles. The number of carbonyl (C=O) groups is 1. The van der Waals surface area contributed by atoms with Crippen molar-refractivity contribution in [3.05, 3.63) is 95.2 Å².